The normalized spacial score (nSPS) is 18.9. The minimum Gasteiger partial charge on any atom is -0.659 e. The summed E-state index contributed by atoms with van der Waals surface area (Å²) >= 11 is 0. The molecule has 40 valence electrons. The molecule has 1 rings (SSSR count). The van der Waals surface area contributed by atoms with Crippen molar-refractivity contribution in [3.63, 3.8) is 0 Å². The van der Waals surface area contributed by atoms with E-state index < -0.39 is 0 Å². The van der Waals surface area contributed by atoms with Crippen LogP contribution in [0.2, 0.25) is 0 Å². The molecular formula is C6H10NRb. The zero-order valence-electron chi connectivity index (χ0n) is 5.65. The van der Waals surface area contributed by atoms with Gasteiger partial charge in [0, 0.05) is 0 Å². The van der Waals surface area contributed by atoms with Gasteiger partial charge >= 0.3 is 58.2 Å². The molecule has 0 amide bonds. The third-order valence-corrected chi connectivity index (χ3v) is 1.23. The van der Waals surface area contributed by atoms with Crippen molar-refractivity contribution in [2.45, 2.75) is 13.3 Å². The second kappa shape index (κ2) is 5.30. The van der Waals surface area contributed by atoms with Crippen LogP contribution in [0.1, 0.15) is 13.3 Å². The zero-order chi connectivity index (χ0) is 5.11. The molecule has 0 saturated carbocycles. The number of hydrogen-bond acceptors (Lipinski definition) is 0. The van der Waals surface area contributed by atoms with Crippen molar-refractivity contribution in [2.75, 3.05) is 13.1 Å². The molecule has 0 aliphatic carbocycles. The van der Waals surface area contributed by atoms with Crippen molar-refractivity contribution < 1.29 is 58.2 Å². The summed E-state index contributed by atoms with van der Waals surface area (Å²) in [6.45, 7) is 4.16. The Balaban J connectivity index is 0.000000490. The van der Waals surface area contributed by atoms with Gasteiger partial charge in [0.15, 0.2) is 0 Å². The minimum atomic E-state index is 0. The first-order valence-electron chi connectivity index (χ1n) is 2.68. The first-order chi connectivity index (χ1) is 3.39. The third-order valence-electron chi connectivity index (χ3n) is 1.23. The molecule has 0 aromatic rings. The van der Waals surface area contributed by atoms with Crippen LogP contribution in [0.5, 0.6) is 0 Å². The fraction of sp³-hybridized carbons (Fsp3) is 0.667. The maximum absolute atomic E-state index is 4.15. The second-order valence-corrected chi connectivity index (χ2v) is 1.93. The van der Waals surface area contributed by atoms with E-state index in [2.05, 4.69) is 18.3 Å². The predicted octanol–water partition coefficient (Wildman–Crippen LogP) is -1.29. The summed E-state index contributed by atoms with van der Waals surface area (Å²) in [6.07, 6.45) is 3.36. The standard InChI is InChI=1S/C6H10N.Rb/c1-6-2-4-7-5-3-6;/h2H,3-5H2,1H3;/q-1;+1. The SMILES string of the molecule is CC1=CC[N-]CC1.[Rb+]. The van der Waals surface area contributed by atoms with Gasteiger partial charge in [-0.2, -0.15) is 0 Å². The van der Waals surface area contributed by atoms with Crippen LogP contribution in [0.4, 0.5) is 0 Å². The molecule has 0 spiro atoms. The van der Waals surface area contributed by atoms with Gasteiger partial charge in [0.25, 0.3) is 0 Å². The van der Waals surface area contributed by atoms with Gasteiger partial charge in [-0.25, -0.2) is 0 Å². The molecule has 0 atom stereocenters. The molecule has 0 radical (unpaired) electrons. The largest absolute Gasteiger partial charge is 1.00 e. The number of nitrogens with zero attached hydrogens (tertiary/aromatic N) is 1. The van der Waals surface area contributed by atoms with Crippen molar-refractivity contribution in [3.8, 4) is 0 Å². The average molecular weight is 182 g/mol. The van der Waals surface area contributed by atoms with Crippen LogP contribution in [0.25, 0.3) is 5.32 Å². The Bertz CT molecular complexity index is 88.5. The molecule has 0 saturated heterocycles. The van der Waals surface area contributed by atoms with Crippen molar-refractivity contribution in [1.29, 1.82) is 0 Å². The van der Waals surface area contributed by atoms with E-state index in [0.717, 1.165) is 13.1 Å². The molecule has 1 nitrogen and oxygen atoms in total. The van der Waals surface area contributed by atoms with Gasteiger partial charge < -0.3 is 5.32 Å². The van der Waals surface area contributed by atoms with Crippen LogP contribution in [0.15, 0.2) is 11.6 Å². The maximum Gasteiger partial charge on any atom is 1.00 e. The molecule has 8 heavy (non-hydrogen) atoms. The summed E-state index contributed by atoms with van der Waals surface area (Å²) in [5, 5.41) is 4.15. The fourth-order valence-electron chi connectivity index (χ4n) is 0.669. The topological polar surface area (TPSA) is 14.1 Å². The Labute approximate surface area is 99.7 Å². The summed E-state index contributed by atoms with van der Waals surface area (Å²) < 4.78 is 0. The fourth-order valence-corrected chi connectivity index (χ4v) is 0.669. The molecule has 1 heterocycles. The molecule has 1 aliphatic heterocycles. The van der Waals surface area contributed by atoms with E-state index in [-0.39, 0.29) is 58.2 Å². The van der Waals surface area contributed by atoms with E-state index in [0.29, 0.717) is 0 Å². The van der Waals surface area contributed by atoms with E-state index in [1.807, 2.05) is 0 Å². The van der Waals surface area contributed by atoms with Crippen LogP contribution in [-0.2, 0) is 0 Å². The van der Waals surface area contributed by atoms with Gasteiger partial charge in [-0.1, -0.05) is 12.0 Å². The summed E-state index contributed by atoms with van der Waals surface area (Å²) in [5.74, 6) is 0. The van der Waals surface area contributed by atoms with E-state index >= 15 is 0 Å². The average Bonchev–Trinajstić information content (AvgIpc) is 1.69. The van der Waals surface area contributed by atoms with Gasteiger partial charge in [-0.15, -0.1) is 19.2 Å². The van der Waals surface area contributed by atoms with Crippen molar-refractivity contribution in [1.82, 2.24) is 0 Å². The molecule has 1 aliphatic rings. The quantitative estimate of drug-likeness (QED) is 0.413. The molecular weight excluding hydrogens is 172 g/mol. The first kappa shape index (κ1) is 9.51. The van der Waals surface area contributed by atoms with Gasteiger partial charge in [0.2, 0.25) is 0 Å². The van der Waals surface area contributed by atoms with Crippen molar-refractivity contribution in [2.24, 2.45) is 0 Å². The molecule has 0 bridgehead atoms. The summed E-state index contributed by atoms with van der Waals surface area (Å²) in [7, 11) is 0. The van der Waals surface area contributed by atoms with Crippen LogP contribution in [0, 0.1) is 0 Å². The Morgan fingerprint density at radius 1 is 1.62 bits per heavy atom. The Morgan fingerprint density at radius 3 is 2.62 bits per heavy atom. The van der Waals surface area contributed by atoms with Crippen molar-refractivity contribution >= 4 is 0 Å². The second-order valence-electron chi connectivity index (χ2n) is 1.93. The van der Waals surface area contributed by atoms with Crippen molar-refractivity contribution in [3.05, 3.63) is 17.0 Å². The third kappa shape index (κ3) is 3.52. The van der Waals surface area contributed by atoms with E-state index in [4.69, 9.17) is 0 Å². The monoisotopic (exact) mass is 181 g/mol. The van der Waals surface area contributed by atoms with Crippen LogP contribution >= 0.6 is 0 Å². The van der Waals surface area contributed by atoms with E-state index in [9.17, 15) is 0 Å². The first-order valence-corrected chi connectivity index (χ1v) is 2.68. The van der Waals surface area contributed by atoms with Gasteiger partial charge in [0.05, 0.1) is 0 Å². The molecule has 0 fully saturated rings. The molecule has 2 heteroatoms. The maximum atomic E-state index is 4.15. The summed E-state index contributed by atoms with van der Waals surface area (Å²) in [6, 6.07) is 0. The predicted molar refractivity (Wildman–Crippen MR) is 31.5 cm³/mol. The number of rotatable bonds is 0. The summed E-state index contributed by atoms with van der Waals surface area (Å²) in [5.41, 5.74) is 1.50. The van der Waals surface area contributed by atoms with Crippen LogP contribution < -0.4 is 58.2 Å². The van der Waals surface area contributed by atoms with Gasteiger partial charge in [-0.05, 0) is 6.92 Å². The van der Waals surface area contributed by atoms with E-state index in [1.54, 1.807) is 0 Å². The Morgan fingerprint density at radius 2 is 2.38 bits per heavy atom. The molecule has 0 N–H and O–H groups in total. The van der Waals surface area contributed by atoms with Crippen LogP contribution in [-0.4, -0.2) is 13.1 Å². The van der Waals surface area contributed by atoms with Gasteiger partial charge in [0.1, 0.15) is 0 Å². The van der Waals surface area contributed by atoms with Crippen LogP contribution in [0.3, 0.4) is 0 Å². The zero-order valence-corrected chi connectivity index (χ0v) is 10.6. The minimum absolute atomic E-state index is 0. The molecule has 0 aromatic heterocycles. The van der Waals surface area contributed by atoms with E-state index in [1.165, 1.54) is 12.0 Å². The Hall–Kier alpha value is 1.51. The Kier molecular flexibility index (Phi) is 6.30. The van der Waals surface area contributed by atoms with Gasteiger partial charge in [-0.3, -0.25) is 0 Å². The molecule has 0 unspecified atom stereocenters. The molecule has 0 aromatic carbocycles. The summed E-state index contributed by atoms with van der Waals surface area (Å²) in [4.78, 5) is 0. The smallest absolute Gasteiger partial charge is 0.659 e. The number of hydrogen-bond donors (Lipinski definition) is 0.